The van der Waals surface area contributed by atoms with Crippen LogP contribution in [0.25, 0.3) is 0 Å². The zero-order valence-electron chi connectivity index (χ0n) is 12.1. The standard InChI is InChI=1S/C13H24.C2H6/c1-12(2,3)10-8-7-9-11(10)13(4,5)6;1-2/h7-9H2,1-6H3;1-2H3. The van der Waals surface area contributed by atoms with Gasteiger partial charge in [-0.05, 0) is 30.1 Å². The third-order valence-corrected chi connectivity index (χ3v) is 3.03. The van der Waals surface area contributed by atoms with Gasteiger partial charge in [-0.3, -0.25) is 0 Å². The molecule has 0 bridgehead atoms. The molecule has 0 heterocycles. The summed E-state index contributed by atoms with van der Waals surface area (Å²) in [7, 11) is 0. The maximum Gasteiger partial charge on any atom is -0.0170 e. The Bertz CT molecular complexity index is 193. The van der Waals surface area contributed by atoms with Gasteiger partial charge in [0.2, 0.25) is 0 Å². The Morgan fingerprint density at radius 2 is 0.933 bits per heavy atom. The van der Waals surface area contributed by atoms with Crippen molar-refractivity contribution in [2.24, 2.45) is 10.8 Å². The van der Waals surface area contributed by atoms with Crippen molar-refractivity contribution in [2.45, 2.75) is 74.7 Å². The highest BCUT2D eigenvalue weighted by atomic mass is 14.4. The normalized spacial score (nSPS) is 17.6. The van der Waals surface area contributed by atoms with Crippen LogP contribution < -0.4 is 0 Å². The van der Waals surface area contributed by atoms with Gasteiger partial charge in [0, 0.05) is 0 Å². The molecule has 0 saturated heterocycles. The molecule has 1 aliphatic carbocycles. The molecule has 0 fully saturated rings. The largest absolute Gasteiger partial charge is 0.0683 e. The smallest absolute Gasteiger partial charge is 0.0170 e. The summed E-state index contributed by atoms with van der Waals surface area (Å²) >= 11 is 0. The summed E-state index contributed by atoms with van der Waals surface area (Å²) in [6, 6.07) is 0. The predicted octanol–water partition coefficient (Wildman–Crippen LogP) is 5.59. The third kappa shape index (κ3) is 4.01. The SMILES string of the molecule is CC.CC(C)(C)C1=C(C(C)(C)C)CCC1. The van der Waals surface area contributed by atoms with E-state index in [1.807, 2.05) is 13.8 Å². The molecule has 0 N–H and O–H groups in total. The molecule has 0 radical (unpaired) electrons. The fraction of sp³-hybridized carbons (Fsp3) is 0.867. The van der Waals surface area contributed by atoms with Crippen LogP contribution >= 0.6 is 0 Å². The molecule has 1 rings (SSSR count). The lowest BCUT2D eigenvalue weighted by Crippen LogP contribution is -2.16. The fourth-order valence-corrected chi connectivity index (χ4v) is 2.40. The van der Waals surface area contributed by atoms with E-state index in [0.29, 0.717) is 10.8 Å². The highest BCUT2D eigenvalue weighted by Crippen LogP contribution is 2.45. The molecule has 0 amide bonds. The molecule has 90 valence electrons. The highest BCUT2D eigenvalue weighted by molar-refractivity contribution is 5.28. The van der Waals surface area contributed by atoms with E-state index < -0.39 is 0 Å². The van der Waals surface area contributed by atoms with Crippen LogP contribution in [0.2, 0.25) is 0 Å². The molecular formula is C15H30. The van der Waals surface area contributed by atoms with Crippen molar-refractivity contribution in [1.82, 2.24) is 0 Å². The molecule has 0 aromatic heterocycles. The Morgan fingerprint density at radius 1 is 0.667 bits per heavy atom. The van der Waals surface area contributed by atoms with Crippen molar-refractivity contribution in [1.29, 1.82) is 0 Å². The van der Waals surface area contributed by atoms with Crippen molar-refractivity contribution < 1.29 is 0 Å². The maximum atomic E-state index is 2.35. The lowest BCUT2D eigenvalue weighted by Gasteiger charge is -2.29. The van der Waals surface area contributed by atoms with Crippen molar-refractivity contribution in [2.75, 3.05) is 0 Å². The average Bonchev–Trinajstić information content (AvgIpc) is 2.53. The number of rotatable bonds is 0. The summed E-state index contributed by atoms with van der Waals surface area (Å²) in [6.45, 7) is 18.1. The van der Waals surface area contributed by atoms with Crippen LogP contribution in [0.15, 0.2) is 11.1 Å². The minimum absolute atomic E-state index is 0.388. The lowest BCUT2D eigenvalue weighted by molar-refractivity contribution is 0.445. The summed E-state index contributed by atoms with van der Waals surface area (Å²) in [5.74, 6) is 0. The van der Waals surface area contributed by atoms with E-state index in [1.54, 1.807) is 11.1 Å². The van der Waals surface area contributed by atoms with Gasteiger partial charge in [-0.2, -0.15) is 0 Å². The van der Waals surface area contributed by atoms with E-state index >= 15 is 0 Å². The van der Waals surface area contributed by atoms with Crippen molar-refractivity contribution in [3.05, 3.63) is 11.1 Å². The highest BCUT2D eigenvalue weighted by Gasteiger charge is 2.30. The van der Waals surface area contributed by atoms with Crippen LogP contribution in [0.5, 0.6) is 0 Å². The molecule has 0 spiro atoms. The molecule has 0 aromatic carbocycles. The minimum atomic E-state index is 0.388. The van der Waals surface area contributed by atoms with Gasteiger partial charge >= 0.3 is 0 Å². The first kappa shape index (κ1) is 14.7. The first-order valence-corrected chi connectivity index (χ1v) is 6.46. The second-order valence-electron chi connectivity index (χ2n) is 6.31. The van der Waals surface area contributed by atoms with Gasteiger partial charge in [0.05, 0.1) is 0 Å². The van der Waals surface area contributed by atoms with Gasteiger partial charge in [0.1, 0.15) is 0 Å². The lowest BCUT2D eigenvalue weighted by atomic mass is 9.76. The molecule has 15 heavy (non-hydrogen) atoms. The van der Waals surface area contributed by atoms with Crippen molar-refractivity contribution >= 4 is 0 Å². The summed E-state index contributed by atoms with van der Waals surface area (Å²) in [5, 5.41) is 0. The summed E-state index contributed by atoms with van der Waals surface area (Å²) in [4.78, 5) is 0. The molecule has 0 saturated carbocycles. The monoisotopic (exact) mass is 210 g/mol. The molecule has 0 heteroatoms. The Labute approximate surface area is 97.2 Å². The molecule has 0 aliphatic heterocycles. The third-order valence-electron chi connectivity index (χ3n) is 3.03. The van der Waals surface area contributed by atoms with Gasteiger partial charge in [-0.25, -0.2) is 0 Å². The quantitative estimate of drug-likeness (QED) is 0.457. The Kier molecular flexibility index (Phi) is 5.09. The van der Waals surface area contributed by atoms with Crippen molar-refractivity contribution in [3.8, 4) is 0 Å². The number of hydrogen-bond acceptors (Lipinski definition) is 0. The van der Waals surface area contributed by atoms with Crippen LogP contribution in [0, 0.1) is 10.8 Å². The number of hydrogen-bond donors (Lipinski definition) is 0. The average molecular weight is 210 g/mol. The molecule has 0 atom stereocenters. The van der Waals surface area contributed by atoms with Gasteiger partial charge < -0.3 is 0 Å². The Hall–Kier alpha value is -0.260. The van der Waals surface area contributed by atoms with Crippen LogP contribution in [0.3, 0.4) is 0 Å². The number of allylic oxidation sites excluding steroid dienone is 2. The topological polar surface area (TPSA) is 0 Å². The molecular weight excluding hydrogens is 180 g/mol. The van der Waals surface area contributed by atoms with Gasteiger partial charge in [0.15, 0.2) is 0 Å². The van der Waals surface area contributed by atoms with E-state index in [0.717, 1.165) is 0 Å². The molecule has 0 unspecified atom stereocenters. The van der Waals surface area contributed by atoms with Crippen LogP contribution in [0.1, 0.15) is 74.7 Å². The van der Waals surface area contributed by atoms with Gasteiger partial charge in [0.25, 0.3) is 0 Å². The second kappa shape index (κ2) is 5.18. The van der Waals surface area contributed by atoms with E-state index in [9.17, 15) is 0 Å². The van der Waals surface area contributed by atoms with Gasteiger partial charge in [-0.1, -0.05) is 66.5 Å². The van der Waals surface area contributed by atoms with Crippen LogP contribution in [0.4, 0.5) is 0 Å². The zero-order valence-corrected chi connectivity index (χ0v) is 12.1. The Morgan fingerprint density at radius 3 is 1.13 bits per heavy atom. The Balaban J connectivity index is 0.000000921. The van der Waals surface area contributed by atoms with E-state index in [2.05, 4.69) is 41.5 Å². The first-order chi connectivity index (χ1) is 6.73. The summed E-state index contributed by atoms with van der Waals surface area (Å²) < 4.78 is 0. The summed E-state index contributed by atoms with van der Waals surface area (Å²) in [5.41, 5.74) is 4.22. The van der Waals surface area contributed by atoms with Crippen LogP contribution in [-0.4, -0.2) is 0 Å². The predicted molar refractivity (Wildman–Crippen MR) is 71.1 cm³/mol. The summed E-state index contributed by atoms with van der Waals surface area (Å²) in [6.07, 6.45) is 4.03. The van der Waals surface area contributed by atoms with Crippen molar-refractivity contribution in [3.63, 3.8) is 0 Å². The van der Waals surface area contributed by atoms with E-state index in [4.69, 9.17) is 0 Å². The van der Waals surface area contributed by atoms with Crippen LogP contribution in [-0.2, 0) is 0 Å². The first-order valence-electron chi connectivity index (χ1n) is 6.46. The zero-order chi connectivity index (χ0) is 12.3. The maximum absolute atomic E-state index is 2.35. The molecule has 1 aliphatic rings. The molecule has 0 nitrogen and oxygen atoms in total. The molecule has 0 aromatic rings. The fourth-order valence-electron chi connectivity index (χ4n) is 2.40. The minimum Gasteiger partial charge on any atom is -0.0683 e. The van der Waals surface area contributed by atoms with E-state index in [1.165, 1.54) is 19.3 Å². The van der Waals surface area contributed by atoms with Gasteiger partial charge in [-0.15, -0.1) is 0 Å². The van der Waals surface area contributed by atoms with E-state index in [-0.39, 0.29) is 0 Å². The second-order valence-corrected chi connectivity index (χ2v) is 6.31.